The summed E-state index contributed by atoms with van der Waals surface area (Å²) in [4.78, 5) is 47.2. The molecule has 0 saturated heterocycles. The number of hydrogen-bond acceptors (Lipinski definition) is 10. The number of nitrogen functional groups attached to an aromatic ring is 4. The van der Waals surface area contributed by atoms with Crippen molar-refractivity contribution in [2.45, 2.75) is 31.7 Å². The van der Waals surface area contributed by atoms with Gasteiger partial charge in [-0.2, -0.15) is 9.98 Å². The number of rotatable bonds is 5. The Balaban J connectivity index is 1.47. The Morgan fingerprint density at radius 3 is 1.70 bits per heavy atom. The number of anilines is 4. The second-order valence-corrected chi connectivity index (χ2v) is 8.83. The first kappa shape index (κ1) is 27.4. The molecule has 1 fully saturated rings. The number of nitrogens with one attached hydrogen (secondary N) is 2. The summed E-state index contributed by atoms with van der Waals surface area (Å²) in [6.45, 7) is 0.483. The lowest BCUT2D eigenvalue weighted by atomic mass is 9.86. The Morgan fingerprint density at radius 2 is 1.22 bits per heavy atom. The molecule has 37 heavy (non-hydrogen) atoms. The lowest BCUT2D eigenvalue weighted by molar-refractivity contribution is 0.0990. The van der Waals surface area contributed by atoms with Crippen molar-refractivity contribution in [1.82, 2.24) is 30.6 Å². The van der Waals surface area contributed by atoms with Crippen LogP contribution in [0.4, 0.5) is 23.3 Å². The van der Waals surface area contributed by atoms with Gasteiger partial charge in [0.1, 0.15) is 0 Å². The van der Waals surface area contributed by atoms with E-state index in [1.165, 1.54) is 0 Å². The van der Waals surface area contributed by atoms with E-state index in [0.29, 0.717) is 6.54 Å². The molecular formula is C19H26Cl2N14O2. The molecular weight excluding hydrogens is 527 g/mol. The third-order valence-electron chi connectivity index (χ3n) is 5.43. The number of carbonyl (C=O) groups is 2. The van der Waals surface area contributed by atoms with Crippen molar-refractivity contribution in [1.29, 1.82) is 0 Å². The third kappa shape index (κ3) is 7.17. The molecule has 1 aliphatic carbocycles. The summed E-state index contributed by atoms with van der Waals surface area (Å²) in [6.07, 6.45) is 3.12. The van der Waals surface area contributed by atoms with E-state index in [2.05, 4.69) is 40.6 Å². The van der Waals surface area contributed by atoms with E-state index in [1.54, 1.807) is 0 Å². The molecule has 198 valence electrons. The van der Waals surface area contributed by atoms with Gasteiger partial charge in [-0.1, -0.05) is 23.2 Å². The van der Waals surface area contributed by atoms with Gasteiger partial charge in [0.05, 0.1) is 0 Å². The zero-order valence-electron chi connectivity index (χ0n) is 19.4. The van der Waals surface area contributed by atoms with Gasteiger partial charge >= 0.3 is 11.8 Å². The molecule has 0 spiro atoms. The van der Waals surface area contributed by atoms with E-state index >= 15 is 0 Å². The largest absolute Gasteiger partial charge is 0.382 e. The zero-order chi connectivity index (χ0) is 27.3. The molecule has 0 aromatic carbocycles. The number of halogens is 2. The highest BCUT2D eigenvalue weighted by molar-refractivity contribution is 6.32. The van der Waals surface area contributed by atoms with Crippen molar-refractivity contribution in [3.8, 4) is 0 Å². The fourth-order valence-corrected chi connectivity index (χ4v) is 3.82. The fourth-order valence-electron chi connectivity index (χ4n) is 3.56. The number of aliphatic imine (C=N–C) groups is 2. The van der Waals surface area contributed by atoms with Crippen LogP contribution in [0.2, 0.25) is 10.3 Å². The van der Waals surface area contributed by atoms with Crippen LogP contribution in [-0.4, -0.2) is 56.3 Å². The molecule has 14 N–H and O–H groups in total. The third-order valence-corrected chi connectivity index (χ3v) is 5.99. The van der Waals surface area contributed by atoms with Crippen LogP contribution in [0.5, 0.6) is 0 Å². The molecule has 0 bridgehead atoms. The highest BCUT2D eigenvalue weighted by Crippen LogP contribution is 2.24. The average Bonchev–Trinajstić information content (AvgIpc) is 2.83. The van der Waals surface area contributed by atoms with Crippen LogP contribution < -0.4 is 45.0 Å². The summed E-state index contributed by atoms with van der Waals surface area (Å²) < 4.78 is 0. The Morgan fingerprint density at radius 1 is 0.757 bits per heavy atom. The molecule has 1 saturated carbocycles. The summed E-state index contributed by atoms with van der Waals surface area (Å²) in [5, 5.41) is 5.61. The summed E-state index contributed by atoms with van der Waals surface area (Å²) in [5.41, 5.74) is 33.5. The lowest BCUT2D eigenvalue weighted by Gasteiger charge is -2.29. The fraction of sp³-hybridized carbons (Fsp3) is 0.368. The van der Waals surface area contributed by atoms with Crippen molar-refractivity contribution >= 4 is 70.2 Å². The maximum absolute atomic E-state index is 12.3. The topological polar surface area (TPSA) is 291 Å². The maximum atomic E-state index is 12.3. The number of carbonyl (C=O) groups excluding carboxylic acids is 2. The van der Waals surface area contributed by atoms with Gasteiger partial charge in [-0.15, -0.1) is 0 Å². The average molecular weight is 553 g/mol. The van der Waals surface area contributed by atoms with Gasteiger partial charge in [0, 0.05) is 12.6 Å². The first-order chi connectivity index (χ1) is 17.4. The van der Waals surface area contributed by atoms with Crippen molar-refractivity contribution in [3.05, 3.63) is 21.7 Å². The van der Waals surface area contributed by atoms with Crippen LogP contribution in [0.1, 0.15) is 46.7 Å². The monoisotopic (exact) mass is 552 g/mol. The van der Waals surface area contributed by atoms with Gasteiger partial charge in [-0.3, -0.25) is 9.59 Å². The van der Waals surface area contributed by atoms with Gasteiger partial charge in [0.25, 0.3) is 0 Å². The number of nitrogens with two attached hydrogens (primary N) is 6. The van der Waals surface area contributed by atoms with E-state index in [4.69, 9.17) is 57.6 Å². The normalized spacial score (nSPS) is 18.3. The molecule has 3 rings (SSSR count). The highest BCUT2D eigenvalue weighted by atomic mass is 35.5. The Hall–Kier alpha value is -4.18. The minimum absolute atomic E-state index is 0.00403. The number of hydrogen-bond donors (Lipinski definition) is 8. The highest BCUT2D eigenvalue weighted by Gasteiger charge is 2.23. The molecule has 1 aliphatic rings. The van der Waals surface area contributed by atoms with Crippen molar-refractivity contribution in [2.24, 2.45) is 27.4 Å². The summed E-state index contributed by atoms with van der Waals surface area (Å²) in [7, 11) is 0. The number of guanidine groups is 2. The van der Waals surface area contributed by atoms with Crippen LogP contribution in [0.15, 0.2) is 9.98 Å². The standard InChI is InChI=1S/C19H26Cl2N14O2/c20-10-14(24)32-12(22)8(30-10)16(36)34-18(26)28-5-6-1-3-7(4-2-6)29-19(27)35-17(37)9-13(23)33-15(25)11(21)31-9/h6-7H,1-5H2,(H4,22,24,32)(H4,23,25,33)(H3,26,28,34,36)(H3,27,29,35,37)/t6-,7-. The molecule has 2 heterocycles. The Bertz CT molecular complexity index is 1260. The lowest BCUT2D eigenvalue weighted by Crippen LogP contribution is -2.44. The molecule has 0 atom stereocenters. The predicted octanol–water partition coefficient (Wildman–Crippen LogP) is -0.750. The van der Waals surface area contributed by atoms with Crippen LogP contribution in [0, 0.1) is 5.92 Å². The van der Waals surface area contributed by atoms with Crippen molar-refractivity contribution in [2.75, 3.05) is 29.5 Å². The van der Waals surface area contributed by atoms with Crippen LogP contribution in [0.3, 0.4) is 0 Å². The first-order valence-electron chi connectivity index (χ1n) is 10.9. The van der Waals surface area contributed by atoms with Crippen LogP contribution in [0.25, 0.3) is 0 Å². The number of amides is 2. The van der Waals surface area contributed by atoms with E-state index in [0.717, 1.165) is 25.7 Å². The first-order valence-corrected chi connectivity index (χ1v) is 11.6. The van der Waals surface area contributed by atoms with E-state index in [9.17, 15) is 9.59 Å². The number of aromatic nitrogens is 4. The molecule has 0 unspecified atom stereocenters. The quantitative estimate of drug-likeness (QED) is 0.167. The van der Waals surface area contributed by atoms with Gasteiger partial charge in [0.2, 0.25) is 0 Å². The second kappa shape index (κ2) is 11.7. The maximum Gasteiger partial charge on any atom is 0.302 e. The minimum atomic E-state index is -0.803. The molecule has 0 radical (unpaired) electrons. The second-order valence-electron chi connectivity index (χ2n) is 8.11. The summed E-state index contributed by atoms with van der Waals surface area (Å²) >= 11 is 11.6. The predicted molar refractivity (Wildman–Crippen MR) is 141 cm³/mol. The van der Waals surface area contributed by atoms with Gasteiger partial charge in [-0.05, 0) is 31.6 Å². The number of nitrogens with zero attached hydrogens (tertiary/aromatic N) is 6. The van der Waals surface area contributed by atoms with Gasteiger partial charge < -0.3 is 45.0 Å². The molecule has 0 aliphatic heterocycles. The summed E-state index contributed by atoms with van der Waals surface area (Å²) in [6, 6.07) is -0.00403. The molecule has 18 heteroatoms. The van der Waals surface area contributed by atoms with E-state index in [1.807, 2.05) is 0 Å². The van der Waals surface area contributed by atoms with Crippen LogP contribution in [-0.2, 0) is 0 Å². The Labute approximate surface area is 220 Å². The van der Waals surface area contributed by atoms with Gasteiger partial charge in [0.15, 0.2) is 56.9 Å². The van der Waals surface area contributed by atoms with E-state index in [-0.39, 0.29) is 68.8 Å². The molecule has 16 nitrogen and oxygen atoms in total. The van der Waals surface area contributed by atoms with E-state index < -0.39 is 11.8 Å². The van der Waals surface area contributed by atoms with Crippen LogP contribution >= 0.6 is 23.2 Å². The summed E-state index contributed by atoms with van der Waals surface area (Å²) in [5.74, 6) is -2.12. The Kier molecular flexibility index (Phi) is 8.67. The van der Waals surface area contributed by atoms with Gasteiger partial charge in [-0.25, -0.2) is 19.9 Å². The zero-order valence-corrected chi connectivity index (χ0v) is 20.9. The van der Waals surface area contributed by atoms with Crippen molar-refractivity contribution < 1.29 is 9.59 Å². The SMILES string of the molecule is N/C(=N\C(=O)c1nc(Cl)c(N)nc1N)NC[C@H]1CC[C@H](N/C(N)=N/C(=O)c2nc(Cl)c(N)nc2N)CC1. The molecule has 2 aromatic rings. The smallest absolute Gasteiger partial charge is 0.302 e. The molecule has 2 aromatic heterocycles. The van der Waals surface area contributed by atoms with Crippen molar-refractivity contribution in [3.63, 3.8) is 0 Å². The molecule has 2 amide bonds. The minimum Gasteiger partial charge on any atom is -0.382 e.